The molecule has 4 amide bonds. The Morgan fingerprint density at radius 3 is 2.36 bits per heavy atom. The number of hydrogen-bond donors (Lipinski definition) is 3. The predicted octanol–water partition coefficient (Wildman–Crippen LogP) is 6.55. The van der Waals surface area contributed by atoms with Gasteiger partial charge in [-0.2, -0.15) is 4.31 Å². The Labute approximate surface area is 353 Å². The molecule has 4 N–H and O–H groups in total. The first-order valence-corrected chi connectivity index (χ1v) is 21.3. The molecular weight excluding hydrogens is 815 g/mol. The zero-order valence-corrected chi connectivity index (χ0v) is 35.1. The van der Waals surface area contributed by atoms with Crippen LogP contribution in [-0.4, -0.2) is 82.1 Å². The van der Waals surface area contributed by atoms with Gasteiger partial charge in [0.25, 0.3) is 5.91 Å². The van der Waals surface area contributed by atoms with Crippen LogP contribution in [0.3, 0.4) is 0 Å². The third-order valence-electron chi connectivity index (χ3n) is 10.7. The normalized spacial score (nSPS) is 19.0. The fourth-order valence-corrected chi connectivity index (χ4v) is 9.16. The minimum absolute atomic E-state index is 0.00611. The molecule has 326 valence electrons. The highest BCUT2D eigenvalue weighted by Gasteiger charge is 2.53. The molecule has 4 atom stereocenters. The number of nitrogens with two attached hydrogens (primary N) is 1. The van der Waals surface area contributed by atoms with Crippen LogP contribution in [0.5, 0.6) is 11.5 Å². The molecule has 4 aromatic rings. The Morgan fingerprint density at radius 1 is 0.967 bits per heavy atom. The van der Waals surface area contributed by atoms with Crippen LogP contribution >= 0.6 is 0 Å². The van der Waals surface area contributed by atoms with Gasteiger partial charge in [-0.15, -0.1) is 0 Å². The van der Waals surface area contributed by atoms with Crippen molar-refractivity contribution in [3.63, 3.8) is 0 Å². The zero-order chi connectivity index (χ0) is 43.9. The molecule has 0 radical (unpaired) electrons. The number of alkyl carbamates (subject to hydrolysis) is 1. The fourth-order valence-electron chi connectivity index (χ4n) is 7.54. The first-order valence-electron chi connectivity index (χ1n) is 19.8. The first kappa shape index (κ1) is 44.9. The molecular formula is C44H50F2N4O10S. The van der Waals surface area contributed by atoms with E-state index < -0.39 is 57.6 Å². The number of hydrogen-bond acceptors (Lipinski definition) is 10. The molecule has 0 saturated carbocycles. The number of rotatable bonds is 17. The van der Waals surface area contributed by atoms with E-state index in [0.717, 1.165) is 17.7 Å². The number of sulfonamides is 1. The summed E-state index contributed by atoms with van der Waals surface area (Å²) in [7, 11) is -2.41. The Balaban J connectivity index is 1.18. The van der Waals surface area contributed by atoms with Crippen molar-refractivity contribution in [1.82, 2.24) is 14.9 Å². The maximum absolute atomic E-state index is 14.6. The van der Waals surface area contributed by atoms with Gasteiger partial charge in [0, 0.05) is 41.9 Å². The van der Waals surface area contributed by atoms with E-state index in [1.165, 1.54) is 41.7 Å². The van der Waals surface area contributed by atoms with Gasteiger partial charge in [-0.1, -0.05) is 38.1 Å². The van der Waals surface area contributed by atoms with E-state index in [2.05, 4.69) is 5.32 Å². The van der Waals surface area contributed by atoms with Crippen LogP contribution in [0.2, 0.25) is 0 Å². The molecule has 61 heavy (non-hydrogen) atoms. The third-order valence-corrected chi connectivity index (χ3v) is 12.6. The molecule has 2 saturated heterocycles. The van der Waals surface area contributed by atoms with Crippen molar-refractivity contribution < 1.29 is 55.3 Å². The number of benzene rings is 4. The fraction of sp³-hybridized carbons (Fsp3) is 0.386. The van der Waals surface area contributed by atoms with E-state index in [-0.39, 0.29) is 66.1 Å². The van der Waals surface area contributed by atoms with Crippen molar-refractivity contribution in [1.29, 1.82) is 0 Å². The van der Waals surface area contributed by atoms with Crippen molar-refractivity contribution in [2.75, 3.05) is 33.4 Å². The number of halogens is 2. The molecule has 0 aliphatic carbocycles. The van der Waals surface area contributed by atoms with Gasteiger partial charge in [-0.3, -0.25) is 10.1 Å². The van der Waals surface area contributed by atoms with Crippen molar-refractivity contribution in [3.05, 3.63) is 113 Å². The summed E-state index contributed by atoms with van der Waals surface area (Å²) < 4.78 is 86.1. The summed E-state index contributed by atoms with van der Waals surface area (Å²) in [5, 5.41) is 4.99. The molecule has 0 bridgehead atoms. The van der Waals surface area contributed by atoms with E-state index >= 15 is 0 Å². The van der Waals surface area contributed by atoms with Gasteiger partial charge in [-0.25, -0.2) is 26.8 Å². The number of carbonyl (C=O) groups excluding carboxylic acids is 3. The molecule has 17 heteroatoms. The zero-order valence-electron chi connectivity index (χ0n) is 34.3. The van der Waals surface area contributed by atoms with Gasteiger partial charge in [0.15, 0.2) is 5.79 Å². The van der Waals surface area contributed by atoms with Crippen molar-refractivity contribution in [3.8, 4) is 22.6 Å². The van der Waals surface area contributed by atoms with Crippen molar-refractivity contribution in [2.24, 2.45) is 17.6 Å². The molecule has 6 rings (SSSR count). The molecule has 0 aromatic heterocycles. The van der Waals surface area contributed by atoms with Crippen molar-refractivity contribution >= 4 is 28.1 Å². The highest BCUT2D eigenvalue weighted by molar-refractivity contribution is 7.89. The van der Waals surface area contributed by atoms with Crippen LogP contribution in [-0.2, 0) is 37.3 Å². The number of nitrogens with one attached hydrogen (secondary N) is 2. The van der Waals surface area contributed by atoms with Gasteiger partial charge in [0.1, 0.15) is 35.8 Å². The van der Waals surface area contributed by atoms with Gasteiger partial charge in [0.2, 0.25) is 10.0 Å². The summed E-state index contributed by atoms with van der Waals surface area (Å²) in [6.45, 7) is 6.59. The van der Waals surface area contributed by atoms with Gasteiger partial charge in [0.05, 0.1) is 31.1 Å². The molecule has 14 nitrogen and oxygen atoms in total. The number of fused-ring (bicyclic) bond motifs is 1. The van der Waals surface area contributed by atoms with E-state index in [4.69, 9.17) is 29.4 Å². The molecule has 4 aromatic carbocycles. The monoisotopic (exact) mass is 864 g/mol. The number of nitrogens with zero attached hydrogens (tertiary/aromatic N) is 1. The second-order valence-electron chi connectivity index (χ2n) is 15.5. The van der Waals surface area contributed by atoms with E-state index in [9.17, 15) is 31.6 Å². The third kappa shape index (κ3) is 11.2. The maximum Gasteiger partial charge on any atom is 0.407 e. The summed E-state index contributed by atoms with van der Waals surface area (Å²) in [4.78, 5) is 38.1. The minimum atomic E-state index is -3.91. The number of urea groups is 1. The molecule has 2 aliphatic rings. The second-order valence-corrected chi connectivity index (χ2v) is 17.5. The van der Waals surface area contributed by atoms with Crippen LogP contribution in [0, 0.1) is 23.5 Å². The standard InChI is InChI=1S/C44H50F2N4O10S/c1-27(2)24-50(61(54,55)35-14-12-33(56-4)13-15-35)19-17-32(48-43(53)60-40-26-59-44(3)38(40)18-20-58-44)21-28-5-10-34(11-6-28)57-25-30-8-7-29(22-37(30)41(51)49-42(47)52)36-16-9-31(45)23-39(36)46/h5-16,22-23,27,32,38,40H,17-21,24-26H2,1-4H3,(H,48,53)(H3,47,49,51,52)/t32-,38+,40+,44-/m1/s1. The maximum atomic E-state index is 14.6. The number of ether oxygens (including phenoxy) is 5. The molecule has 2 heterocycles. The van der Waals surface area contributed by atoms with Crippen LogP contribution in [0.1, 0.15) is 55.1 Å². The lowest BCUT2D eigenvalue weighted by Crippen LogP contribution is -2.43. The van der Waals surface area contributed by atoms with Crippen LogP contribution < -0.4 is 25.8 Å². The van der Waals surface area contributed by atoms with Gasteiger partial charge < -0.3 is 34.7 Å². The SMILES string of the molecule is COc1ccc(S(=O)(=O)N(CC[C@H](Cc2ccc(OCc3ccc(-c4ccc(F)cc4F)cc3C(=O)NC(N)=O)cc2)NC(=O)O[C@H]2CO[C@@]3(C)OCC[C@@H]23)CC(C)C)cc1. The Kier molecular flexibility index (Phi) is 14.3. The van der Waals surface area contributed by atoms with E-state index in [1.807, 2.05) is 26.1 Å². The number of imide groups is 1. The number of amides is 4. The van der Waals surface area contributed by atoms with Crippen LogP contribution in [0.25, 0.3) is 11.1 Å². The topological polar surface area (TPSA) is 185 Å². The van der Waals surface area contributed by atoms with Gasteiger partial charge in [-0.05, 0) is 97.8 Å². The molecule has 2 fully saturated rings. The highest BCUT2D eigenvalue weighted by atomic mass is 32.2. The van der Waals surface area contributed by atoms with Crippen LogP contribution in [0.4, 0.5) is 18.4 Å². The number of primary amides is 1. The lowest BCUT2D eigenvalue weighted by atomic mass is 9.96. The lowest BCUT2D eigenvalue weighted by molar-refractivity contribution is -0.181. The summed E-state index contributed by atoms with van der Waals surface area (Å²) in [6, 6.07) is 19.0. The lowest BCUT2D eigenvalue weighted by Gasteiger charge is -2.27. The van der Waals surface area contributed by atoms with E-state index in [0.29, 0.717) is 36.5 Å². The van der Waals surface area contributed by atoms with Gasteiger partial charge >= 0.3 is 12.1 Å². The Bertz CT molecular complexity index is 2310. The molecule has 2 aliphatic heterocycles. The van der Waals surface area contributed by atoms with Crippen LogP contribution in [0.15, 0.2) is 89.8 Å². The largest absolute Gasteiger partial charge is 0.497 e. The van der Waals surface area contributed by atoms with E-state index in [1.54, 1.807) is 42.5 Å². The minimum Gasteiger partial charge on any atom is -0.497 e. The molecule has 0 spiro atoms. The Morgan fingerprint density at radius 2 is 1.69 bits per heavy atom. The quantitative estimate of drug-likeness (QED) is 0.105. The second kappa shape index (κ2) is 19.4. The first-order chi connectivity index (χ1) is 29.0. The average Bonchev–Trinajstić information content (AvgIpc) is 3.75. The van der Waals surface area contributed by atoms with Crippen molar-refractivity contribution in [2.45, 2.75) is 69.5 Å². The Hall–Kier alpha value is -5.62. The summed E-state index contributed by atoms with van der Waals surface area (Å²) >= 11 is 0. The molecule has 0 unspecified atom stereocenters. The summed E-state index contributed by atoms with van der Waals surface area (Å²) in [5.41, 5.74) is 6.64. The smallest absolute Gasteiger partial charge is 0.407 e. The summed E-state index contributed by atoms with van der Waals surface area (Å²) in [6.07, 6.45) is 0.0581. The number of carbonyl (C=O) groups is 3. The summed E-state index contributed by atoms with van der Waals surface area (Å²) in [5.74, 6) is -2.41. The predicted molar refractivity (Wildman–Crippen MR) is 220 cm³/mol. The number of methoxy groups -OCH3 is 1. The average molecular weight is 865 g/mol. The highest BCUT2D eigenvalue weighted by Crippen LogP contribution is 2.42.